The summed E-state index contributed by atoms with van der Waals surface area (Å²) >= 11 is 0. The second-order valence-corrected chi connectivity index (χ2v) is 3.47. The first-order valence-corrected chi connectivity index (χ1v) is 4.67. The minimum atomic E-state index is -5.23. The number of rotatable bonds is 3. The molecule has 0 fully saturated rings. The number of hydrogen-bond donors (Lipinski definition) is 0. The molecule has 0 saturated carbocycles. The molecule has 0 spiro atoms. The quantitative estimate of drug-likeness (QED) is 0.474. The average Bonchev–Trinajstić information content (AvgIpc) is 2.32. The summed E-state index contributed by atoms with van der Waals surface area (Å²) in [5.74, 6) is -13.8. The van der Waals surface area contributed by atoms with Gasteiger partial charge in [0.1, 0.15) is 0 Å². The predicted molar refractivity (Wildman–Crippen MR) is 45.6 cm³/mol. The fraction of sp³-hybridized carbons (Fsp3) is 0.300. The molecule has 19 heavy (non-hydrogen) atoms. The maximum Gasteiger partial charge on any atom is 0.449 e. The summed E-state index contributed by atoms with van der Waals surface area (Å²) in [6.07, 6.45) is -7.89. The molecule has 0 saturated heterocycles. The van der Waals surface area contributed by atoms with Crippen LogP contribution in [-0.4, -0.2) is 12.0 Å². The number of halogens is 8. The Morgan fingerprint density at radius 2 is 1.16 bits per heavy atom. The highest BCUT2D eigenvalue weighted by atomic mass is 19.4. The van der Waals surface area contributed by atoms with Crippen LogP contribution in [0.4, 0.5) is 35.1 Å². The standard InChI is InChI=1S/C10H4F8O/c11-5-3(1-2-4(19)10(16,17)18)6(12)8(14)9(15)7(5)13/h1-2H2. The third kappa shape index (κ3) is 3.02. The number of carbonyl (C=O) groups is 1. The molecule has 1 rings (SSSR count). The van der Waals surface area contributed by atoms with Gasteiger partial charge in [-0.3, -0.25) is 4.79 Å². The Labute approximate surface area is 100 Å². The lowest BCUT2D eigenvalue weighted by atomic mass is 10.1. The van der Waals surface area contributed by atoms with Crippen molar-refractivity contribution in [3.63, 3.8) is 0 Å². The van der Waals surface area contributed by atoms with Crippen molar-refractivity contribution in [3.05, 3.63) is 34.6 Å². The van der Waals surface area contributed by atoms with Gasteiger partial charge in [-0.25, -0.2) is 22.0 Å². The van der Waals surface area contributed by atoms with Crippen molar-refractivity contribution in [1.29, 1.82) is 0 Å². The highest BCUT2D eigenvalue weighted by molar-refractivity contribution is 5.84. The minimum absolute atomic E-state index is 1.25. The molecule has 0 heterocycles. The zero-order valence-electron chi connectivity index (χ0n) is 8.85. The summed E-state index contributed by atoms with van der Waals surface area (Å²) in [5.41, 5.74) is -1.45. The van der Waals surface area contributed by atoms with E-state index in [-0.39, 0.29) is 0 Å². The third-order valence-corrected chi connectivity index (χ3v) is 2.22. The van der Waals surface area contributed by atoms with Gasteiger partial charge in [-0.15, -0.1) is 0 Å². The Morgan fingerprint density at radius 1 is 0.789 bits per heavy atom. The van der Waals surface area contributed by atoms with Crippen molar-refractivity contribution in [2.75, 3.05) is 0 Å². The van der Waals surface area contributed by atoms with Crippen LogP contribution in [0.1, 0.15) is 12.0 Å². The lowest BCUT2D eigenvalue weighted by Crippen LogP contribution is -2.23. The van der Waals surface area contributed by atoms with Crippen LogP contribution in [0.25, 0.3) is 0 Å². The molecule has 0 N–H and O–H groups in total. The molecule has 0 aromatic heterocycles. The van der Waals surface area contributed by atoms with Gasteiger partial charge < -0.3 is 0 Å². The van der Waals surface area contributed by atoms with Crippen molar-refractivity contribution in [2.45, 2.75) is 19.0 Å². The molecule has 9 heteroatoms. The Hall–Kier alpha value is -1.67. The highest BCUT2D eigenvalue weighted by Crippen LogP contribution is 2.25. The smallest absolute Gasteiger partial charge is 0.290 e. The molecule has 0 radical (unpaired) electrons. The second kappa shape index (κ2) is 5.14. The molecule has 0 atom stereocenters. The zero-order valence-corrected chi connectivity index (χ0v) is 8.85. The molecule has 1 nitrogen and oxygen atoms in total. The SMILES string of the molecule is O=C(CCc1c(F)c(F)c(F)c(F)c1F)C(F)(F)F. The molecule has 106 valence electrons. The summed E-state index contributed by atoms with van der Waals surface area (Å²) in [7, 11) is 0. The number of hydrogen-bond acceptors (Lipinski definition) is 1. The fourth-order valence-electron chi connectivity index (χ4n) is 1.25. The minimum Gasteiger partial charge on any atom is -0.290 e. The van der Waals surface area contributed by atoms with Gasteiger partial charge in [-0.1, -0.05) is 0 Å². The van der Waals surface area contributed by atoms with Crippen molar-refractivity contribution in [3.8, 4) is 0 Å². The van der Waals surface area contributed by atoms with Gasteiger partial charge in [-0.05, 0) is 6.42 Å². The second-order valence-electron chi connectivity index (χ2n) is 3.47. The van der Waals surface area contributed by atoms with Crippen LogP contribution in [0.3, 0.4) is 0 Å². The number of alkyl halides is 3. The summed E-state index contributed by atoms with van der Waals surface area (Å²) in [6, 6.07) is 0. The van der Waals surface area contributed by atoms with E-state index in [1.807, 2.05) is 0 Å². The fourth-order valence-corrected chi connectivity index (χ4v) is 1.25. The zero-order chi connectivity index (χ0) is 15.0. The van der Waals surface area contributed by atoms with Crippen molar-refractivity contribution < 1.29 is 39.9 Å². The van der Waals surface area contributed by atoms with E-state index in [9.17, 15) is 39.9 Å². The molecule has 1 aromatic rings. The molecule has 0 bridgehead atoms. The van der Waals surface area contributed by atoms with E-state index in [4.69, 9.17) is 0 Å². The molecule has 0 aliphatic carbocycles. The van der Waals surface area contributed by atoms with Crippen LogP contribution in [0.2, 0.25) is 0 Å². The third-order valence-electron chi connectivity index (χ3n) is 2.22. The molecule has 0 unspecified atom stereocenters. The van der Waals surface area contributed by atoms with Crippen LogP contribution in [0.15, 0.2) is 0 Å². The normalized spacial score (nSPS) is 11.8. The summed E-state index contributed by atoms with van der Waals surface area (Å²) in [4.78, 5) is 10.5. The van der Waals surface area contributed by atoms with Crippen LogP contribution < -0.4 is 0 Å². The lowest BCUT2D eigenvalue weighted by Gasteiger charge is -2.08. The Kier molecular flexibility index (Phi) is 4.16. The van der Waals surface area contributed by atoms with Crippen molar-refractivity contribution in [2.24, 2.45) is 0 Å². The van der Waals surface area contributed by atoms with E-state index in [0.29, 0.717) is 0 Å². The topological polar surface area (TPSA) is 17.1 Å². The van der Waals surface area contributed by atoms with Crippen LogP contribution in [0.5, 0.6) is 0 Å². The van der Waals surface area contributed by atoms with E-state index in [0.717, 1.165) is 0 Å². The van der Waals surface area contributed by atoms with Gasteiger partial charge >= 0.3 is 6.18 Å². The largest absolute Gasteiger partial charge is 0.449 e. The first-order valence-electron chi connectivity index (χ1n) is 4.67. The van der Waals surface area contributed by atoms with E-state index >= 15 is 0 Å². The maximum absolute atomic E-state index is 13.0. The molecule has 1 aromatic carbocycles. The maximum atomic E-state index is 13.0. The first kappa shape index (κ1) is 15.4. The number of carbonyl (C=O) groups excluding carboxylic acids is 1. The number of benzene rings is 1. The van der Waals surface area contributed by atoms with Crippen molar-refractivity contribution in [1.82, 2.24) is 0 Å². The van der Waals surface area contributed by atoms with Gasteiger partial charge in [0.05, 0.1) is 0 Å². The predicted octanol–water partition coefficient (Wildman–Crippen LogP) is 3.45. The molecular weight excluding hydrogens is 288 g/mol. The van der Waals surface area contributed by atoms with Crippen LogP contribution >= 0.6 is 0 Å². The van der Waals surface area contributed by atoms with Gasteiger partial charge in [-0.2, -0.15) is 13.2 Å². The van der Waals surface area contributed by atoms with E-state index in [1.54, 1.807) is 0 Å². The van der Waals surface area contributed by atoms with E-state index < -0.39 is 59.5 Å². The number of Topliss-reactive ketones (excluding diaryl/α,β-unsaturated/α-hetero) is 1. The van der Waals surface area contributed by atoms with Crippen LogP contribution in [0, 0.1) is 29.1 Å². The first-order chi connectivity index (χ1) is 8.57. The van der Waals surface area contributed by atoms with Gasteiger partial charge in [0, 0.05) is 12.0 Å². The Morgan fingerprint density at radius 3 is 1.53 bits per heavy atom. The summed E-state index contributed by atoms with van der Waals surface area (Å²) < 4.78 is 99.6. The summed E-state index contributed by atoms with van der Waals surface area (Å²) in [6.45, 7) is 0. The molecule has 0 amide bonds. The van der Waals surface area contributed by atoms with Crippen LogP contribution in [-0.2, 0) is 11.2 Å². The lowest BCUT2D eigenvalue weighted by molar-refractivity contribution is -0.171. The molecule has 0 aliphatic heterocycles. The summed E-state index contributed by atoms with van der Waals surface area (Å²) in [5, 5.41) is 0. The Balaban J connectivity index is 3.07. The van der Waals surface area contributed by atoms with Gasteiger partial charge in [0.15, 0.2) is 23.3 Å². The Bertz CT molecular complexity index is 490. The number of ketones is 1. The van der Waals surface area contributed by atoms with E-state index in [2.05, 4.69) is 0 Å². The monoisotopic (exact) mass is 292 g/mol. The highest BCUT2D eigenvalue weighted by Gasteiger charge is 2.38. The molecular formula is C10H4F8O. The molecule has 0 aliphatic rings. The van der Waals surface area contributed by atoms with Gasteiger partial charge in [0.2, 0.25) is 11.6 Å². The van der Waals surface area contributed by atoms with E-state index in [1.165, 1.54) is 0 Å². The van der Waals surface area contributed by atoms with Crippen molar-refractivity contribution >= 4 is 5.78 Å². The van der Waals surface area contributed by atoms with Gasteiger partial charge in [0.25, 0.3) is 0 Å². The average molecular weight is 292 g/mol.